The van der Waals surface area contributed by atoms with E-state index in [0.29, 0.717) is 35.0 Å². The Labute approximate surface area is 212 Å². The van der Waals surface area contributed by atoms with Gasteiger partial charge < -0.3 is 14.9 Å². The van der Waals surface area contributed by atoms with E-state index in [9.17, 15) is 0 Å². The molecular weight excluding hydrogens is 540 g/mol. The number of unbranched alkanes of at least 4 members (excludes halogenated alkanes) is 5. The Bertz CT molecular complexity index is 598. The van der Waals surface area contributed by atoms with Crippen molar-refractivity contribution in [1.29, 1.82) is 5.41 Å². The van der Waals surface area contributed by atoms with Crippen molar-refractivity contribution < 1.29 is 9.47 Å². The molecule has 0 fully saturated rings. The highest BCUT2D eigenvalue weighted by atomic mass is 79.9. The summed E-state index contributed by atoms with van der Waals surface area (Å²) in [6.07, 6.45) is 11.7. The van der Waals surface area contributed by atoms with Crippen LogP contribution in [0.3, 0.4) is 0 Å². The highest BCUT2D eigenvalue weighted by Gasteiger charge is 2.39. The van der Waals surface area contributed by atoms with Crippen molar-refractivity contribution in [2.75, 3.05) is 13.2 Å². The number of allylic oxidation sites excluding steroid dienone is 1. The molecule has 4 nitrogen and oxygen atoms in total. The van der Waals surface area contributed by atoms with Gasteiger partial charge in [0.15, 0.2) is 0 Å². The van der Waals surface area contributed by atoms with Crippen molar-refractivity contribution in [2.45, 2.75) is 103 Å². The first-order valence-corrected chi connectivity index (χ1v) is 14.1. The lowest BCUT2D eigenvalue weighted by Crippen LogP contribution is -2.43. The number of alkyl halides is 1. The maximum Gasteiger partial charge on any atom is 0.143 e. The maximum atomic E-state index is 8.43. The highest BCUT2D eigenvalue weighted by Crippen LogP contribution is 2.33. The third-order valence-electron chi connectivity index (χ3n) is 6.15. The summed E-state index contributed by atoms with van der Waals surface area (Å²) in [7, 11) is 0. The van der Waals surface area contributed by atoms with Crippen molar-refractivity contribution in [2.24, 2.45) is 16.2 Å². The third-order valence-corrected chi connectivity index (χ3v) is 8.06. The van der Waals surface area contributed by atoms with E-state index >= 15 is 0 Å². The molecular formula is C24H42Br2N2O2S. The molecule has 0 aromatic rings. The topological polar surface area (TPSA) is 54.7 Å². The van der Waals surface area contributed by atoms with Crippen LogP contribution in [-0.4, -0.2) is 35.6 Å². The molecule has 31 heavy (non-hydrogen) atoms. The van der Waals surface area contributed by atoms with Crippen LogP contribution in [0.25, 0.3) is 0 Å². The van der Waals surface area contributed by atoms with E-state index < -0.39 is 0 Å². The highest BCUT2D eigenvalue weighted by molar-refractivity contribution is 9.12. The SMILES string of the molecule is CCCCCCCCOC1C(OCCC[C@@H](C)[C@H](C)CCC)=C(Br)C(=NS)C(=N)C1Br. The molecule has 2 unspecified atom stereocenters. The fourth-order valence-corrected chi connectivity index (χ4v) is 5.48. The number of thiol groups is 1. The number of hydrogen-bond acceptors (Lipinski definition) is 5. The van der Waals surface area contributed by atoms with Gasteiger partial charge in [-0.1, -0.05) is 88.6 Å². The summed E-state index contributed by atoms with van der Waals surface area (Å²) in [5.74, 6) is 2.17. The molecule has 1 rings (SSSR count). The molecule has 0 aromatic carbocycles. The van der Waals surface area contributed by atoms with Crippen LogP contribution in [0, 0.1) is 17.2 Å². The predicted octanol–water partition coefficient (Wildman–Crippen LogP) is 8.29. The van der Waals surface area contributed by atoms with Gasteiger partial charge in [-0.05, 0) is 59.8 Å². The molecule has 0 aliphatic heterocycles. The minimum absolute atomic E-state index is 0.293. The second kappa shape index (κ2) is 16.7. The first kappa shape index (κ1) is 29.2. The van der Waals surface area contributed by atoms with Crippen LogP contribution < -0.4 is 0 Å². The van der Waals surface area contributed by atoms with Crippen LogP contribution in [-0.2, 0) is 9.47 Å². The second-order valence-corrected chi connectivity index (χ2v) is 10.7. The van der Waals surface area contributed by atoms with Crippen molar-refractivity contribution >= 4 is 56.1 Å². The Hall–Kier alpha value is 0.150. The normalized spacial score (nSPS) is 22.8. The fourth-order valence-electron chi connectivity index (χ4n) is 3.88. The van der Waals surface area contributed by atoms with Gasteiger partial charge in [-0.25, -0.2) is 4.40 Å². The third kappa shape index (κ3) is 9.89. The number of hydrogen-bond donors (Lipinski definition) is 2. The van der Waals surface area contributed by atoms with Crippen molar-refractivity contribution in [3.8, 4) is 0 Å². The summed E-state index contributed by atoms with van der Waals surface area (Å²) in [6.45, 7) is 10.5. The average Bonchev–Trinajstić information content (AvgIpc) is 2.75. The molecule has 1 aliphatic carbocycles. The quantitative estimate of drug-likeness (QED) is 0.109. The van der Waals surface area contributed by atoms with Crippen molar-refractivity contribution in [3.63, 3.8) is 0 Å². The zero-order valence-corrected chi connectivity index (χ0v) is 23.8. The number of rotatable bonds is 16. The van der Waals surface area contributed by atoms with E-state index in [1.165, 1.54) is 44.9 Å². The smallest absolute Gasteiger partial charge is 0.143 e. The molecule has 0 bridgehead atoms. The molecule has 180 valence electrons. The minimum atomic E-state index is -0.326. The standard InChI is InChI=1S/C24H42Br2N2O2S/c1-5-7-8-9-10-11-15-29-23-19(25)21(27)22(28-31)20(26)24(23)30-16-12-14-18(4)17(3)13-6-2/h17-19,23,27,31H,5-16H2,1-4H3/t17-,18-,19?,23?/m1/s1. The molecule has 0 saturated heterocycles. The summed E-state index contributed by atoms with van der Waals surface area (Å²) in [5, 5.41) is 8.43. The van der Waals surface area contributed by atoms with Gasteiger partial charge >= 0.3 is 0 Å². The molecule has 0 amide bonds. The van der Waals surface area contributed by atoms with E-state index in [2.05, 4.69) is 76.8 Å². The van der Waals surface area contributed by atoms with Gasteiger partial charge in [-0.15, -0.1) is 0 Å². The van der Waals surface area contributed by atoms with E-state index in [-0.39, 0.29) is 10.9 Å². The summed E-state index contributed by atoms with van der Waals surface area (Å²) in [5.41, 5.74) is 0.869. The van der Waals surface area contributed by atoms with Gasteiger partial charge in [0.2, 0.25) is 0 Å². The van der Waals surface area contributed by atoms with Crippen LogP contribution >= 0.6 is 44.7 Å². The first-order chi connectivity index (χ1) is 14.9. The van der Waals surface area contributed by atoms with Gasteiger partial charge in [0.1, 0.15) is 17.6 Å². The van der Waals surface area contributed by atoms with E-state index in [0.717, 1.165) is 30.9 Å². The second-order valence-electron chi connectivity index (χ2n) is 8.74. The van der Waals surface area contributed by atoms with Crippen molar-refractivity contribution in [3.05, 3.63) is 10.2 Å². The van der Waals surface area contributed by atoms with Gasteiger partial charge in [0, 0.05) is 6.61 Å². The molecule has 0 heterocycles. The summed E-state index contributed by atoms with van der Waals surface area (Å²) >= 11 is 11.3. The molecule has 1 aliphatic rings. The lowest BCUT2D eigenvalue weighted by molar-refractivity contribution is 0.0325. The van der Waals surface area contributed by atoms with Gasteiger partial charge in [0.05, 0.1) is 21.6 Å². The summed E-state index contributed by atoms with van der Waals surface area (Å²) < 4.78 is 17.1. The molecule has 7 heteroatoms. The van der Waals surface area contributed by atoms with Gasteiger partial charge in [-0.2, -0.15) is 0 Å². The molecule has 0 aromatic heterocycles. The predicted molar refractivity (Wildman–Crippen MR) is 144 cm³/mol. The average molecular weight is 582 g/mol. The summed E-state index contributed by atoms with van der Waals surface area (Å²) in [4.78, 5) is -0.293. The number of ether oxygens (including phenoxy) is 2. The van der Waals surface area contributed by atoms with Gasteiger partial charge in [0.25, 0.3) is 0 Å². The Balaban J connectivity index is 2.66. The Morgan fingerprint density at radius 2 is 1.61 bits per heavy atom. The Morgan fingerprint density at radius 1 is 0.968 bits per heavy atom. The maximum absolute atomic E-state index is 8.43. The molecule has 1 N–H and O–H groups in total. The molecule has 0 spiro atoms. The van der Waals surface area contributed by atoms with E-state index in [4.69, 9.17) is 14.9 Å². The monoisotopic (exact) mass is 580 g/mol. The number of halogens is 2. The zero-order valence-electron chi connectivity index (χ0n) is 19.8. The molecule has 0 saturated carbocycles. The van der Waals surface area contributed by atoms with Gasteiger partial charge in [-0.3, -0.25) is 0 Å². The fraction of sp³-hybridized carbons (Fsp3) is 0.833. The van der Waals surface area contributed by atoms with E-state index in [1.807, 2.05) is 0 Å². The number of nitrogens with zero attached hydrogens (tertiary/aromatic N) is 1. The van der Waals surface area contributed by atoms with E-state index in [1.54, 1.807) is 0 Å². The largest absolute Gasteiger partial charge is 0.494 e. The molecule has 0 radical (unpaired) electrons. The number of nitrogens with one attached hydrogen (secondary N) is 1. The zero-order chi connectivity index (χ0) is 23.2. The first-order valence-electron chi connectivity index (χ1n) is 12.0. The van der Waals surface area contributed by atoms with Crippen LogP contribution in [0.5, 0.6) is 0 Å². The van der Waals surface area contributed by atoms with Crippen LogP contribution in [0.15, 0.2) is 14.6 Å². The lowest BCUT2D eigenvalue weighted by atomic mass is 9.88. The lowest BCUT2D eigenvalue weighted by Gasteiger charge is -2.32. The minimum Gasteiger partial charge on any atom is -0.494 e. The van der Waals surface area contributed by atoms with Crippen LogP contribution in [0.4, 0.5) is 0 Å². The summed E-state index contributed by atoms with van der Waals surface area (Å²) in [6, 6.07) is 0. The van der Waals surface area contributed by atoms with Crippen LogP contribution in [0.1, 0.15) is 91.9 Å². The van der Waals surface area contributed by atoms with Crippen LogP contribution in [0.2, 0.25) is 0 Å². The van der Waals surface area contributed by atoms with Crippen molar-refractivity contribution in [1.82, 2.24) is 0 Å². The molecule has 4 atom stereocenters. The Morgan fingerprint density at radius 3 is 2.26 bits per heavy atom. The Kier molecular flexibility index (Phi) is 15.7.